The molecule has 2 aromatic heterocycles. The van der Waals surface area contributed by atoms with Gasteiger partial charge in [-0.1, -0.05) is 29.3 Å². The highest BCUT2D eigenvalue weighted by atomic mass is 35.5. The minimum atomic E-state index is -0.633. The normalized spacial score (nSPS) is 11.0. The number of carbonyl (C=O) groups is 1. The van der Waals surface area contributed by atoms with Gasteiger partial charge in [0.2, 0.25) is 0 Å². The molecule has 1 aromatic carbocycles. The van der Waals surface area contributed by atoms with Crippen LogP contribution in [-0.2, 0) is 0 Å². The molecule has 0 saturated carbocycles. The first-order valence-corrected chi connectivity index (χ1v) is 7.92. The third kappa shape index (κ3) is 2.41. The lowest BCUT2D eigenvalue weighted by molar-refractivity contribution is 0.100. The van der Waals surface area contributed by atoms with Crippen LogP contribution >= 0.6 is 23.2 Å². The molecule has 2 heterocycles. The van der Waals surface area contributed by atoms with Gasteiger partial charge in [0, 0.05) is 17.1 Å². The van der Waals surface area contributed by atoms with E-state index in [1.807, 2.05) is 26.0 Å². The van der Waals surface area contributed by atoms with Crippen LogP contribution in [0, 0.1) is 13.8 Å². The van der Waals surface area contributed by atoms with Gasteiger partial charge in [-0.25, -0.2) is 4.98 Å². The number of carbonyl (C=O) groups excluding carboxylic acids is 1. The molecule has 0 fully saturated rings. The molecule has 1 amide bonds. The number of hydrogen-bond acceptors (Lipinski definition) is 3. The Bertz CT molecular complexity index is 980. The first kappa shape index (κ1) is 16.6. The summed E-state index contributed by atoms with van der Waals surface area (Å²) < 4.78 is 7.11. The lowest BCUT2D eigenvalue weighted by Gasteiger charge is -2.16. The molecule has 0 unspecified atom stereocenters. The number of halogens is 2. The Labute approximate surface area is 148 Å². The van der Waals surface area contributed by atoms with Crippen molar-refractivity contribution in [1.29, 1.82) is 0 Å². The summed E-state index contributed by atoms with van der Waals surface area (Å²) in [5.41, 5.74) is 8.87. The molecular weight excluding hydrogens is 349 g/mol. The van der Waals surface area contributed by atoms with Crippen molar-refractivity contribution in [3.63, 3.8) is 0 Å². The van der Waals surface area contributed by atoms with Gasteiger partial charge in [0.1, 0.15) is 16.5 Å². The number of aryl methyl sites for hydroxylation is 1. The fraction of sp³-hybridized carbons (Fsp3) is 0.176. The number of rotatable bonds is 3. The molecule has 24 heavy (non-hydrogen) atoms. The van der Waals surface area contributed by atoms with Crippen molar-refractivity contribution in [2.45, 2.75) is 13.8 Å². The highest BCUT2D eigenvalue weighted by Gasteiger charge is 2.24. The number of nitrogens with two attached hydrogens (primary N) is 1. The number of amides is 1. The van der Waals surface area contributed by atoms with Gasteiger partial charge in [-0.05, 0) is 31.5 Å². The van der Waals surface area contributed by atoms with Gasteiger partial charge in [0.15, 0.2) is 0 Å². The van der Waals surface area contributed by atoms with Crippen molar-refractivity contribution in [1.82, 2.24) is 9.55 Å². The molecule has 7 heteroatoms. The zero-order valence-corrected chi connectivity index (χ0v) is 14.9. The van der Waals surface area contributed by atoms with E-state index in [0.717, 1.165) is 16.8 Å². The molecule has 2 N–H and O–H groups in total. The molecule has 124 valence electrons. The van der Waals surface area contributed by atoms with E-state index in [9.17, 15) is 4.79 Å². The van der Waals surface area contributed by atoms with E-state index >= 15 is 0 Å². The summed E-state index contributed by atoms with van der Waals surface area (Å²) in [4.78, 5) is 16.3. The first-order chi connectivity index (χ1) is 11.4. The van der Waals surface area contributed by atoms with Crippen LogP contribution in [-0.4, -0.2) is 22.6 Å². The summed E-state index contributed by atoms with van der Waals surface area (Å²) in [6.45, 7) is 3.87. The minimum Gasteiger partial charge on any atom is -0.496 e. The van der Waals surface area contributed by atoms with Crippen LogP contribution in [0.2, 0.25) is 10.2 Å². The quantitative estimate of drug-likeness (QED) is 0.762. The molecule has 0 spiro atoms. The van der Waals surface area contributed by atoms with E-state index in [2.05, 4.69) is 4.98 Å². The topological polar surface area (TPSA) is 70.1 Å². The Hall–Kier alpha value is -2.24. The SMILES string of the molecule is COc1ccc(C)c(-n2c(Cl)c(C(N)=O)c3cc(Cl)cnc32)c1C. The van der Waals surface area contributed by atoms with Crippen molar-refractivity contribution in [2.24, 2.45) is 5.73 Å². The smallest absolute Gasteiger partial charge is 0.252 e. The van der Waals surface area contributed by atoms with Crippen LogP contribution in [0.3, 0.4) is 0 Å². The second-order valence-electron chi connectivity index (χ2n) is 5.45. The second kappa shape index (κ2) is 6.00. The van der Waals surface area contributed by atoms with E-state index in [1.54, 1.807) is 17.7 Å². The Morgan fingerprint density at radius 1 is 1.29 bits per heavy atom. The summed E-state index contributed by atoms with van der Waals surface area (Å²) in [6.07, 6.45) is 1.51. The van der Waals surface area contributed by atoms with Crippen LogP contribution in [0.1, 0.15) is 21.5 Å². The molecular formula is C17H15Cl2N3O2. The van der Waals surface area contributed by atoms with Crippen LogP contribution in [0.15, 0.2) is 24.4 Å². The van der Waals surface area contributed by atoms with Crippen molar-refractivity contribution >= 4 is 40.1 Å². The van der Waals surface area contributed by atoms with Crippen LogP contribution in [0.25, 0.3) is 16.7 Å². The third-order valence-corrected chi connectivity index (χ3v) is 4.55. The van der Waals surface area contributed by atoms with Gasteiger partial charge in [-0.3, -0.25) is 9.36 Å². The number of methoxy groups -OCH3 is 1. The van der Waals surface area contributed by atoms with E-state index in [1.165, 1.54) is 6.20 Å². The molecule has 0 aliphatic heterocycles. The van der Waals surface area contributed by atoms with Gasteiger partial charge >= 0.3 is 0 Å². The Morgan fingerprint density at radius 3 is 2.62 bits per heavy atom. The monoisotopic (exact) mass is 363 g/mol. The lowest BCUT2D eigenvalue weighted by Crippen LogP contribution is -2.11. The van der Waals surface area contributed by atoms with E-state index in [4.69, 9.17) is 33.7 Å². The van der Waals surface area contributed by atoms with Crippen LogP contribution < -0.4 is 10.5 Å². The Morgan fingerprint density at radius 2 is 2.00 bits per heavy atom. The molecule has 3 rings (SSSR count). The van der Waals surface area contributed by atoms with Gasteiger partial charge in [-0.2, -0.15) is 0 Å². The molecule has 3 aromatic rings. The van der Waals surface area contributed by atoms with Gasteiger partial charge in [0.05, 0.1) is 23.4 Å². The van der Waals surface area contributed by atoms with Crippen LogP contribution in [0.4, 0.5) is 0 Å². The third-order valence-electron chi connectivity index (χ3n) is 3.99. The maximum absolute atomic E-state index is 11.9. The fourth-order valence-corrected chi connectivity index (χ4v) is 3.45. The summed E-state index contributed by atoms with van der Waals surface area (Å²) in [7, 11) is 1.60. The number of pyridine rings is 1. The van der Waals surface area contributed by atoms with E-state index in [0.29, 0.717) is 21.8 Å². The molecule has 0 radical (unpaired) electrons. The van der Waals surface area contributed by atoms with Crippen molar-refractivity contribution < 1.29 is 9.53 Å². The number of primary amides is 1. The van der Waals surface area contributed by atoms with E-state index in [-0.39, 0.29) is 10.7 Å². The predicted molar refractivity (Wildman–Crippen MR) is 95.6 cm³/mol. The largest absolute Gasteiger partial charge is 0.496 e. The number of ether oxygens (including phenoxy) is 1. The average molecular weight is 364 g/mol. The van der Waals surface area contributed by atoms with Crippen molar-refractivity contribution in [3.05, 3.63) is 51.3 Å². The molecule has 0 atom stereocenters. The zero-order chi connectivity index (χ0) is 17.6. The number of fused-ring (bicyclic) bond motifs is 1. The highest BCUT2D eigenvalue weighted by Crippen LogP contribution is 2.37. The highest BCUT2D eigenvalue weighted by molar-refractivity contribution is 6.36. The van der Waals surface area contributed by atoms with Crippen molar-refractivity contribution in [3.8, 4) is 11.4 Å². The predicted octanol–water partition coefficient (Wildman–Crippen LogP) is 4.06. The molecule has 0 aliphatic rings. The summed E-state index contributed by atoms with van der Waals surface area (Å²) in [6, 6.07) is 5.44. The Balaban J connectivity index is 2.49. The summed E-state index contributed by atoms with van der Waals surface area (Å²) >= 11 is 12.5. The first-order valence-electron chi connectivity index (χ1n) is 7.16. The lowest BCUT2D eigenvalue weighted by atomic mass is 10.1. The average Bonchev–Trinajstić information content (AvgIpc) is 2.79. The molecule has 0 aliphatic carbocycles. The molecule has 0 bridgehead atoms. The van der Waals surface area contributed by atoms with Gasteiger partial charge in [-0.15, -0.1) is 0 Å². The number of aromatic nitrogens is 2. The fourth-order valence-electron chi connectivity index (χ4n) is 2.93. The van der Waals surface area contributed by atoms with Crippen molar-refractivity contribution in [2.75, 3.05) is 7.11 Å². The van der Waals surface area contributed by atoms with E-state index < -0.39 is 5.91 Å². The number of benzene rings is 1. The number of nitrogens with zero attached hydrogens (tertiary/aromatic N) is 2. The van der Waals surface area contributed by atoms with Gasteiger partial charge in [0.25, 0.3) is 5.91 Å². The molecule has 5 nitrogen and oxygen atoms in total. The Kier molecular flexibility index (Phi) is 4.15. The van der Waals surface area contributed by atoms with Crippen LogP contribution in [0.5, 0.6) is 5.75 Å². The standard InChI is InChI=1S/C17H15Cl2N3O2/c1-8-4-5-12(24-3)9(2)14(8)22-15(19)13(16(20)23)11-6-10(18)7-21-17(11)22/h4-7H,1-3H3,(H2,20,23). The maximum Gasteiger partial charge on any atom is 0.252 e. The second-order valence-corrected chi connectivity index (χ2v) is 6.24. The summed E-state index contributed by atoms with van der Waals surface area (Å²) in [5, 5.41) is 1.12. The van der Waals surface area contributed by atoms with Gasteiger partial charge < -0.3 is 10.5 Å². The maximum atomic E-state index is 11.9. The molecule has 0 saturated heterocycles. The summed E-state index contributed by atoms with van der Waals surface area (Å²) in [5.74, 6) is 0.0779. The zero-order valence-electron chi connectivity index (χ0n) is 13.4. The number of hydrogen-bond donors (Lipinski definition) is 1. The minimum absolute atomic E-state index is 0.197.